The summed E-state index contributed by atoms with van der Waals surface area (Å²) in [5.74, 6) is -3.29. The number of benzene rings is 1. The molecule has 1 N–H and O–H groups in total. The van der Waals surface area contributed by atoms with Crippen molar-refractivity contribution in [3.8, 4) is 16.9 Å². The number of anilines is 2. The van der Waals surface area contributed by atoms with Crippen LogP contribution in [-0.4, -0.2) is 40.7 Å². The number of aromatic nitrogens is 2. The van der Waals surface area contributed by atoms with Crippen LogP contribution in [0.2, 0.25) is 0 Å². The first kappa shape index (κ1) is 21.6. The Morgan fingerprint density at radius 2 is 2.00 bits per heavy atom. The van der Waals surface area contributed by atoms with E-state index in [1.165, 1.54) is 12.1 Å². The number of rotatable bonds is 3. The maximum atomic E-state index is 15.1. The monoisotopic (exact) mass is 464 g/mol. The van der Waals surface area contributed by atoms with Gasteiger partial charge in [-0.05, 0) is 38.1 Å². The average Bonchev–Trinajstić information content (AvgIpc) is 3.12. The van der Waals surface area contributed by atoms with E-state index >= 15 is 4.39 Å². The van der Waals surface area contributed by atoms with Gasteiger partial charge in [-0.15, -0.1) is 0 Å². The number of fused-ring (bicyclic) bond motifs is 4. The van der Waals surface area contributed by atoms with Gasteiger partial charge >= 0.3 is 0 Å². The second kappa shape index (κ2) is 7.98. The highest BCUT2D eigenvalue weighted by atomic mass is 19.1. The predicted octanol–water partition coefficient (Wildman–Crippen LogP) is 3.39. The van der Waals surface area contributed by atoms with Crippen molar-refractivity contribution in [2.45, 2.75) is 19.8 Å². The fourth-order valence-electron chi connectivity index (χ4n) is 4.22. The first-order valence-corrected chi connectivity index (χ1v) is 10.5. The Hall–Kier alpha value is -4.21. The summed E-state index contributed by atoms with van der Waals surface area (Å²) in [6, 6.07) is 7.22. The molecule has 10 heteroatoms. The summed E-state index contributed by atoms with van der Waals surface area (Å²) in [4.78, 5) is 47.0. The number of pyridine rings is 2. The number of ether oxygens (including phenoxy) is 1. The molecule has 4 heterocycles. The van der Waals surface area contributed by atoms with Crippen LogP contribution in [0, 0.1) is 18.7 Å². The number of nitrogens with zero attached hydrogens (tertiary/aromatic N) is 3. The van der Waals surface area contributed by atoms with Crippen molar-refractivity contribution >= 4 is 29.0 Å². The van der Waals surface area contributed by atoms with Crippen LogP contribution < -0.4 is 15.0 Å². The van der Waals surface area contributed by atoms with E-state index in [4.69, 9.17) is 4.74 Å². The minimum atomic E-state index is -0.892. The van der Waals surface area contributed by atoms with E-state index in [-0.39, 0.29) is 40.6 Å². The first-order valence-electron chi connectivity index (χ1n) is 10.5. The molecule has 0 unspecified atom stereocenters. The Morgan fingerprint density at radius 3 is 2.79 bits per heavy atom. The van der Waals surface area contributed by atoms with Crippen LogP contribution in [0.1, 0.15) is 34.6 Å². The molecule has 1 aromatic carbocycles. The Morgan fingerprint density at radius 1 is 1.21 bits per heavy atom. The number of hydrogen-bond donors (Lipinski definition) is 1. The van der Waals surface area contributed by atoms with Crippen LogP contribution in [0.5, 0.6) is 5.75 Å². The topological polar surface area (TPSA) is 101 Å². The van der Waals surface area contributed by atoms with Crippen LogP contribution in [0.25, 0.3) is 11.1 Å². The molecule has 2 aromatic heterocycles. The number of carbonyl (C=O) groups is 3. The third kappa shape index (κ3) is 3.57. The van der Waals surface area contributed by atoms with Crippen LogP contribution in [-0.2, 0) is 9.59 Å². The zero-order chi connectivity index (χ0) is 24.1. The fourth-order valence-corrected chi connectivity index (χ4v) is 4.22. The van der Waals surface area contributed by atoms with E-state index in [0.717, 1.165) is 17.2 Å². The van der Waals surface area contributed by atoms with Crippen LogP contribution in [0.15, 0.2) is 36.5 Å². The van der Waals surface area contributed by atoms with Crippen LogP contribution in [0.4, 0.5) is 20.2 Å². The van der Waals surface area contributed by atoms with Crippen molar-refractivity contribution < 1.29 is 27.9 Å². The van der Waals surface area contributed by atoms with Gasteiger partial charge in [-0.25, -0.2) is 9.37 Å². The van der Waals surface area contributed by atoms with Gasteiger partial charge in [0.1, 0.15) is 18.1 Å². The van der Waals surface area contributed by atoms with Gasteiger partial charge in [-0.1, -0.05) is 0 Å². The molecule has 0 saturated carbocycles. The number of carbonyl (C=O) groups excluding carboxylic acids is 3. The minimum Gasteiger partial charge on any atom is -0.485 e. The van der Waals surface area contributed by atoms with Gasteiger partial charge in [-0.2, -0.15) is 4.39 Å². The lowest BCUT2D eigenvalue weighted by atomic mass is 9.98. The molecule has 0 aliphatic carbocycles. The number of aryl methyl sites for hydroxylation is 1. The van der Waals surface area contributed by atoms with Crippen molar-refractivity contribution in [3.63, 3.8) is 0 Å². The van der Waals surface area contributed by atoms with Gasteiger partial charge in [0.05, 0.1) is 34.6 Å². The molecule has 0 fully saturated rings. The molecule has 2 amide bonds. The molecule has 8 nitrogen and oxygen atoms in total. The number of amides is 2. The second-order valence-electron chi connectivity index (χ2n) is 8.15. The number of Topliss-reactive ketones (excluding diaryl/α,β-unsaturated/α-hetero) is 1. The largest absolute Gasteiger partial charge is 0.485 e. The first-order chi connectivity index (χ1) is 16.2. The van der Waals surface area contributed by atoms with Gasteiger partial charge in [0.2, 0.25) is 23.5 Å². The Bertz CT molecular complexity index is 1390. The molecule has 0 saturated heterocycles. The number of nitrogens with one attached hydrogen (secondary N) is 1. The van der Waals surface area contributed by atoms with Crippen molar-refractivity contribution in [2.24, 2.45) is 0 Å². The molecule has 2 aliphatic heterocycles. The van der Waals surface area contributed by atoms with E-state index < -0.39 is 36.0 Å². The zero-order valence-corrected chi connectivity index (χ0v) is 18.2. The van der Waals surface area contributed by atoms with E-state index in [9.17, 15) is 18.8 Å². The highest BCUT2D eigenvalue weighted by Crippen LogP contribution is 2.41. The van der Waals surface area contributed by atoms with Gasteiger partial charge in [0, 0.05) is 23.0 Å². The van der Waals surface area contributed by atoms with Gasteiger partial charge in [-0.3, -0.25) is 19.4 Å². The van der Waals surface area contributed by atoms with Crippen LogP contribution in [0.3, 0.4) is 0 Å². The van der Waals surface area contributed by atoms with E-state index in [0.29, 0.717) is 17.0 Å². The van der Waals surface area contributed by atoms with E-state index in [1.54, 1.807) is 26.0 Å². The molecule has 3 aromatic rings. The molecule has 34 heavy (non-hydrogen) atoms. The molecule has 0 radical (unpaired) electrons. The smallest absolute Gasteiger partial charge is 0.244 e. The lowest BCUT2D eigenvalue weighted by Gasteiger charge is -2.24. The molecule has 172 valence electrons. The Kier molecular flexibility index (Phi) is 5.07. The summed E-state index contributed by atoms with van der Waals surface area (Å²) in [5, 5.41) is 2.67. The SMILES string of the molecule is Cc1cc2c(c(F)n1)-c1cc(F)cnc1[C@H](C)C(=O)N2CC(=O)Nc1ccc2c(c1)OCC2=O. The second-order valence-corrected chi connectivity index (χ2v) is 8.15. The lowest BCUT2D eigenvalue weighted by Crippen LogP contribution is -2.40. The molecule has 5 rings (SSSR count). The van der Waals surface area contributed by atoms with Crippen molar-refractivity contribution in [1.82, 2.24) is 9.97 Å². The number of ketones is 1. The fraction of sp³-hybridized carbons (Fsp3) is 0.208. The summed E-state index contributed by atoms with van der Waals surface area (Å²) in [5.41, 5.74) is 1.41. The molecular formula is C24H18F2N4O4. The summed E-state index contributed by atoms with van der Waals surface area (Å²) in [6.45, 7) is 2.62. The molecule has 0 bridgehead atoms. The average molecular weight is 464 g/mol. The van der Waals surface area contributed by atoms with Crippen molar-refractivity contribution in [1.29, 1.82) is 0 Å². The highest BCUT2D eigenvalue weighted by molar-refractivity contribution is 6.09. The molecule has 0 spiro atoms. The standard InChI is InChI=1S/C24H18F2N4O4/c1-11-5-17-21(23(26)28-11)16-6-13(25)8-27-22(16)12(2)24(33)30(17)9-20(32)29-14-3-4-15-18(31)10-34-19(15)7-14/h3-8,12H,9-10H2,1-2H3,(H,29,32)/t12-/m0/s1. The number of halogens is 2. The summed E-state index contributed by atoms with van der Waals surface area (Å²) in [7, 11) is 0. The third-order valence-corrected chi connectivity index (χ3v) is 5.80. The summed E-state index contributed by atoms with van der Waals surface area (Å²) < 4.78 is 34.4. The van der Waals surface area contributed by atoms with E-state index in [1.807, 2.05) is 0 Å². The highest BCUT2D eigenvalue weighted by Gasteiger charge is 2.36. The minimum absolute atomic E-state index is 0.0577. The van der Waals surface area contributed by atoms with Gasteiger partial charge in [0.15, 0.2) is 6.61 Å². The maximum absolute atomic E-state index is 15.1. The molecule has 2 aliphatic rings. The number of hydrogen-bond acceptors (Lipinski definition) is 6. The summed E-state index contributed by atoms with van der Waals surface area (Å²) >= 11 is 0. The van der Waals surface area contributed by atoms with Gasteiger partial charge < -0.3 is 15.0 Å². The normalized spacial score (nSPS) is 16.4. The molecular weight excluding hydrogens is 446 g/mol. The van der Waals surface area contributed by atoms with Crippen LogP contribution >= 0.6 is 0 Å². The lowest BCUT2D eigenvalue weighted by molar-refractivity contribution is -0.122. The van der Waals surface area contributed by atoms with Crippen molar-refractivity contribution in [3.05, 3.63) is 65.2 Å². The maximum Gasteiger partial charge on any atom is 0.244 e. The van der Waals surface area contributed by atoms with Crippen molar-refractivity contribution in [2.75, 3.05) is 23.4 Å². The Labute approximate surface area is 192 Å². The Balaban J connectivity index is 1.52. The quantitative estimate of drug-likeness (QED) is 0.597. The zero-order valence-electron chi connectivity index (χ0n) is 18.2. The third-order valence-electron chi connectivity index (χ3n) is 5.80. The predicted molar refractivity (Wildman–Crippen MR) is 118 cm³/mol. The molecule has 1 atom stereocenters. The summed E-state index contributed by atoms with van der Waals surface area (Å²) in [6.07, 6.45) is 0.963. The van der Waals surface area contributed by atoms with Gasteiger partial charge in [0.25, 0.3) is 0 Å². The van der Waals surface area contributed by atoms with E-state index in [2.05, 4.69) is 15.3 Å².